The molecule has 10 N–H and O–H groups in total. The first-order valence-electron chi connectivity index (χ1n) is 26.7. The molecule has 1 rings (SSSR count). The van der Waals surface area contributed by atoms with E-state index in [-0.39, 0.29) is 140 Å². The van der Waals surface area contributed by atoms with Crippen LogP contribution in [0.2, 0.25) is 0 Å². The van der Waals surface area contributed by atoms with Crippen LogP contribution in [0.1, 0.15) is 121 Å². The smallest absolute Gasteiger partial charge is 0.326 e. The highest BCUT2D eigenvalue weighted by Gasteiger charge is 2.26. The van der Waals surface area contributed by atoms with E-state index in [1.54, 1.807) is 12.1 Å². The predicted octanol–water partition coefficient (Wildman–Crippen LogP) is 2.39. The fourth-order valence-electron chi connectivity index (χ4n) is 7.47. The van der Waals surface area contributed by atoms with Gasteiger partial charge in [-0.2, -0.15) is 25.3 Å². The molecule has 0 radical (unpaired) electrons. The minimum atomic E-state index is -1.21. The number of nitrogens with one attached hydrogen (secondary N) is 6. The predicted molar refractivity (Wildman–Crippen MR) is 292 cm³/mol. The van der Waals surface area contributed by atoms with Gasteiger partial charge in [0.1, 0.15) is 31.0 Å². The molecule has 0 aliphatic rings. The molecule has 23 nitrogen and oxygen atoms in total. The van der Waals surface area contributed by atoms with E-state index in [1.165, 1.54) is 44.2 Å². The van der Waals surface area contributed by atoms with Gasteiger partial charge in [0.25, 0.3) is 0 Å². The third-order valence-electron chi connectivity index (χ3n) is 11.9. The van der Waals surface area contributed by atoms with Crippen molar-refractivity contribution in [3.8, 4) is 5.75 Å². The molecule has 25 heteroatoms. The number of hydrogen-bond donors (Lipinski definition) is 12. The van der Waals surface area contributed by atoms with Gasteiger partial charge in [-0.05, 0) is 43.4 Å². The van der Waals surface area contributed by atoms with Crippen molar-refractivity contribution in [3.05, 3.63) is 29.8 Å². The number of rotatable bonds is 52. The molecule has 4 atom stereocenters. The Morgan fingerprint density at radius 1 is 0.455 bits per heavy atom. The average Bonchev–Trinajstić information content (AvgIpc) is 3.39. The molecule has 0 heterocycles. The number of carbonyl (C=O) groups is 9. The number of aliphatic carboxylic acids is 3. The molecule has 0 saturated heterocycles. The SMILES string of the molecule is O=C(O)CCCCCCCCCCCCCCCCC(=O)N[C@@H](CCC(=O)NCCOCCOCC(=O)NCCOCCOCC(=O)N[C@@H](Cc1ccc(O)cc1)C(=O)CN[C@@H](CS)C(=O)CN[C@@H](CS)C(=O)O)C(=O)O. The summed E-state index contributed by atoms with van der Waals surface area (Å²) in [4.78, 5) is 109. The largest absolute Gasteiger partial charge is 0.508 e. The second kappa shape index (κ2) is 46.1. The van der Waals surface area contributed by atoms with E-state index < -0.39 is 66.2 Å². The van der Waals surface area contributed by atoms with Crippen molar-refractivity contribution in [1.29, 1.82) is 0 Å². The lowest BCUT2D eigenvalue weighted by atomic mass is 10.0. The van der Waals surface area contributed by atoms with Crippen LogP contribution in [-0.4, -0.2) is 188 Å². The molecule has 0 saturated carbocycles. The number of phenolic OH excluding ortho intramolecular Hbond substituents is 1. The average molecular weight is 1130 g/mol. The summed E-state index contributed by atoms with van der Waals surface area (Å²) in [6.45, 7) is -0.202. The molecule has 438 valence electrons. The highest BCUT2D eigenvalue weighted by molar-refractivity contribution is 7.80. The van der Waals surface area contributed by atoms with Crippen LogP contribution in [0.4, 0.5) is 0 Å². The van der Waals surface area contributed by atoms with Crippen molar-refractivity contribution in [3.63, 3.8) is 0 Å². The van der Waals surface area contributed by atoms with Crippen molar-refractivity contribution in [1.82, 2.24) is 31.9 Å². The molecule has 0 spiro atoms. The second-order valence-corrected chi connectivity index (χ2v) is 19.1. The highest BCUT2D eigenvalue weighted by atomic mass is 32.1. The maximum Gasteiger partial charge on any atom is 0.326 e. The zero-order valence-electron chi connectivity index (χ0n) is 44.4. The normalized spacial score (nSPS) is 12.7. The maximum absolute atomic E-state index is 13.3. The number of ether oxygens (including phenoxy) is 4. The Morgan fingerprint density at radius 2 is 0.883 bits per heavy atom. The van der Waals surface area contributed by atoms with Crippen LogP contribution in [-0.2, 0) is 68.5 Å². The molecule has 0 aliphatic heterocycles. The van der Waals surface area contributed by atoms with Crippen molar-refractivity contribution in [2.24, 2.45) is 0 Å². The van der Waals surface area contributed by atoms with Crippen LogP contribution >= 0.6 is 25.3 Å². The van der Waals surface area contributed by atoms with E-state index in [0.717, 1.165) is 51.4 Å². The molecule has 0 aromatic heterocycles. The quantitative estimate of drug-likeness (QED) is 0.0329. The molecule has 1 aromatic rings. The van der Waals surface area contributed by atoms with Gasteiger partial charge in [-0.25, -0.2) is 4.79 Å². The van der Waals surface area contributed by atoms with E-state index in [9.17, 15) is 58.5 Å². The summed E-state index contributed by atoms with van der Waals surface area (Å²) in [5.74, 6) is -5.68. The van der Waals surface area contributed by atoms with E-state index in [1.807, 2.05) is 0 Å². The summed E-state index contributed by atoms with van der Waals surface area (Å²) < 4.78 is 21.5. The molecule has 0 fully saturated rings. The molecule has 0 unspecified atom stereocenters. The Morgan fingerprint density at radius 3 is 1.38 bits per heavy atom. The van der Waals surface area contributed by atoms with E-state index >= 15 is 0 Å². The summed E-state index contributed by atoms with van der Waals surface area (Å²) in [5.41, 5.74) is 0.642. The minimum absolute atomic E-state index is 0.0189. The van der Waals surface area contributed by atoms with Gasteiger partial charge in [0.2, 0.25) is 23.6 Å². The van der Waals surface area contributed by atoms with Crippen LogP contribution in [0.25, 0.3) is 0 Å². The highest BCUT2D eigenvalue weighted by Crippen LogP contribution is 2.15. The molecule has 0 bridgehead atoms. The number of aromatic hydroxyl groups is 1. The molecular weight excluding hydrogens is 1040 g/mol. The number of carbonyl (C=O) groups excluding carboxylic acids is 6. The summed E-state index contributed by atoms with van der Waals surface area (Å²) in [5, 5.41) is 52.9. The third-order valence-corrected chi connectivity index (χ3v) is 12.6. The first-order valence-corrected chi connectivity index (χ1v) is 27.9. The van der Waals surface area contributed by atoms with Gasteiger partial charge >= 0.3 is 17.9 Å². The third kappa shape index (κ3) is 39.2. The monoisotopic (exact) mass is 1130 g/mol. The zero-order valence-corrected chi connectivity index (χ0v) is 46.2. The van der Waals surface area contributed by atoms with Gasteiger partial charge in [-0.15, -0.1) is 0 Å². The maximum atomic E-state index is 13.3. The van der Waals surface area contributed by atoms with Gasteiger partial charge in [0, 0.05) is 43.9 Å². The minimum Gasteiger partial charge on any atom is -0.508 e. The molecule has 0 aliphatic carbocycles. The van der Waals surface area contributed by atoms with Gasteiger partial charge < -0.3 is 60.6 Å². The number of phenols is 1. The van der Waals surface area contributed by atoms with Crippen molar-refractivity contribution >= 4 is 78.4 Å². The second-order valence-electron chi connectivity index (χ2n) is 18.4. The number of benzene rings is 1. The lowest BCUT2D eigenvalue weighted by Crippen LogP contribution is -2.51. The Labute approximate surface area is 463 Å². The number of hydrogen-bond acceptors (Lipinski definition) is 18. The molecule has 77 heavy (non-hydrogen) atoms. The first kappa shape index (κ1) is 70.1. The van der Waals surface area contributed by atoms with Gasteiger partial charge in [-0.1, -0.05) is 89.2 Å². The topological polar surface area (TPSA) is 344 Å². The van der Waals surface area contributed by atoms with Gasteiger partial charge in [0.15, 0.2) is 11.6 Å². The summed E-state index contributed by atoms with van der Waals surface area (Å²) in [6.07, 6.45) is 15.2. The number of ketones is 2. The number of thiol groups is 2. The number of Topliss-reactive ketones (excluding diaryl/α,β-unsaturated/α-hetero) is 2. The lowest BCUT2D eigenvalue weighted by Gasteiger charge is -2.21. The van der Waals surface area contributed by atoms with E-state index in [0.29, 0.717) is 12.0 Å². The number of carboxylic acid groups (broad SMARTS) is 3. The molecule has 1 aromatic carbocycles. The van der Waals surface area contributed by atoms with Crippen molar-refractivity contribution in [2.45, 2.75) is 146 Å². The summed E-state index contributed by atoms with van der Waals surface area (Å²) in [6, 6.07) is 1.95. The Bertz CT molecular complexity index is 1870. The Hall–Kier alpha value is -4.89. The number of carboxylic acids is 3. The first-order chi connectivity index (χ1) is 37.1. The Balaban J connectivity index is 2.14. The summed E-state index contributed by atoms with van der Waals surface area (Å²) in [7, 11) is 0. The standard InChI is InChI=1S/C52H86N6O17S2/c59-39-19-17-38(18-20-39)31-41(44(60)32-55-42(36-76)45(61)33-56-43(37-77)52(70)71)58-49(65)35-75-30-28-73-26-24-54-48(64)34-74-29-27-72-25-23-53-46(62)22-21-40(51(68)69)57-47(63)15-13-11-9-7-5-3-1-2-4-6-8-10-12-14-16-50(66)67/h17-20,40-43,55-56,59,76-77H,1-16,21-37H2,(H,53,62)(H,54,64)(H,57,63)(H,58,65)(H,66,67)(H,68,69)(H,70,71)/t40-,41-,42-,43-/m0/s1. The van der Waals surface area contributed by atoms with Gasteiger partial charge in [-0.3, -0.25) is 49.0 Å². The van der Waals surface area contributed by atoms with E-state index in [2.05, 4.69) is 57.2 Å². The van der Waals surface area contributed by atoms with Crippen LogP contribution in [0, 0.1) is 0 Å². The van der Waals surface area contributed by atoms with Crippen LogP contribution in [0.15, 0.2) is 24.3 Å². The number of amides is 4. The Kier molecular flexibility index (Phi) is 41.9. The summed E-state index contributed by atoms with van der Waals surface area (Å²) >= 11 is 8.14. The molecule has 4 amide bonds. The van der Waals surface area contributed by atoms with Crippen LogP contribution in [0.5, 0.6) is 5.75 Å². The number of unbranched alkanes of at least 4 members (excludes halogenated alkanes) is 13. The van der Waals surface area contributed by atoms with Crippen LogP contribution in [0.3, 0.4) is 0 Å². The lowest BCUT2D eigenvalue weighted by molar-refractivity contribution is -0.142. The fourth-order valence-corrected chi connectivity index (χ4v) is 8.09. The fraction of sp³-hybridized carbons (Fsp3) is 0.712. The molecular formula is C52H86N6O17S2. The zero-order chi connectivity index (χ0) is 56.9. The van der Waals surface area contributed by atoms with E-state index in [4.69, 9.17) is 24.1 Å². The van der Waals surface area contributed by atoms with Crippen molar-refractivity contribution < 1.29 is 82.5 Å². The van der Waals surface area contributed by atoms with Crippen LogP contribution < -0.4 is 31.9 Å². The van der Waals surface area contributed by atoms with Gasteiger partial charge in [0.05, 0.1) is 64.8 Å². The van der Waals surface area contributed by atoms with Crippen molar-refractivity contribution in [2.75, 3.05) is 90.5 Å².